The molecule has 0 spiro atoms. The van der Waals surface area contributed by atoms with Crippen molar-refractivity contribution >= 4 is 12.0 Å². The number of carboxylic acids is 1. The lowest BCUT2D eigenvalue weighted by molar-refractivity contribution is -0.142. The topological polar surface area (TPSA) is 105 Å². The summed E-state index contributed by atoms with van der Waals surface area (Å²) in [6, 6.07) is -0.311. The highest BCUT2D eigenvalue weighted by Crippen LogP contribution is 1.83. The number of nitrogens with zero attached hydrogens (tertiary/aromatic N) is 2. The third-order valence-corrected chi connectivity index (χ3v) is 1.97. The number of aliphatic carboxylic acids is 1. The lowest BCUT2D eigenvalue weighted by Crippen LogP contribution is -2.38. The highest BCUT2D eigenvalue weighted by molar-refractivity contribution is 5.73. The second kappa shape index (κ2) is 8.07. The molecule has 18 heavy (non-hydrogen) atoms. The Labute approximate surface area is 104 Å². The van der Waals surface area contributed by atoms with Crippen LogP contribution in [0.3, 0.4) is 0 Å². The number of ether oxygens (including phenoxy) is 1. The Hall–Kier alpha value is -2.09. The number of hydrogen-bond acceptors (Lipinski definition) is 4. The third kappa shape index (κ3) is 6.48. The van der Waals surface area contributed by atoms with Crippen molar-refractivity contribution in [1.29, 1.82) is 0 Å². The number of urea groups is 1. The van der Waals surface area contributed by atoms with Gasteiger partial charge in [0, 0.05) is 32.0 Å². The molecule has 8 nitrogen and oxygen atoms in total. The quantitative estimate of drug-likeness (QED) is 0.532. The highest BCUT2D eigenvalue weighted by atomic mass is 16.5. The molecule has 2 amide bonds. The fourth-order valence-electron chi connectivity index (χ4n) is 1.18. The maximum Gasteiger partial charge on any atom is 0.329 e. The van der Waals surface area contributed by atoms with Gasteiger partial charge in [0.2, 0.25) is 0 Å². The van der Waals surface area contributed by atoms with Crippen LogP contribution in [0.1, 0.15) is 0 Å². The lowest BCUT2D eigenvalue weighted by atomic mass is 10.6. The van der Waals surface area contributed by atoms with Crippen molar-refractivity contribution in [3.8, 4) is 0 Å². The van der Waals surface area contributed by atoms with E-state index in [-0.39, 0.29) is 25.8 Å². The van der Waals surface area contributed by atoms with Crippen LogP contribution in [0.2, 0.25) is 0 Å². The van der Waals surface area contributed by atoms with Gasteiger partial charge in [-0.1, -0.05) is 0 Å². The normalized spacial score (nSPS) is 10.0. The first-order chi connectivity index (χ1) is 8.68. The summed E-state index contributed by atoms with van der Waals surface area (Å²) in [7, 11) is 0. The number of carbonyl (C=O) groups excluding carboxylic acids is 1. The Balaban J connectivity index is 1.95. The molecule has 1 aromatic rings. The van der Waals surface area contributed by atoms with E-state index in [2.05, 4.69) is 15.6 Å². The van der Waals surface area contributed by atoms with Crippen LogP contribution in [0.15, 0.2) is 18.7 Å². The predicted octanol–water partition coefficient (Wildman–Crippen LogP) is -0.716. The van der Waals surface area contributed by atoms with Crippen molar-refractivity contribution in [2.75, 3.05) is 26.3 Å². The number of imidazole rings is 1. The molecule has 0 unspecified atom stereocenters. The summed E-state index contributed by atoms with van der Waals surface area (Å²) in [6.07, 6.45) is 5.14. The molecule has 8 heteroatoms. The standard InChI is InChI=1S/C10H16N4O4/c15-9(16)7-18-6-3-13-10(17)12-2-5-14-4-1-11-8-14/h1,4,8H,2-3,5-7H2,(H,15,16)(H2,12,13,17). The third-order valence-electron chi connectivity index (χ3n) is 1.97. The van der Waals surface area contributed by atoms with Gasteiger partial charge in [0.25, 0.3) is 0 Å². The molecule has 0 saturated carbocycles. The molecule has 1 heterocycles. The summed E-state index contributed by atoms with van der Waals surface area (Å²) in [5.41, 5.74) is 0. The molecule has 0 atom stereocenters. The van der Waals surface area contributed by atoms with Crippen LogP contribution >= 0.6 is 0 Å². The lowest BCUT2D eigenvalue weighted by Gasteiger charge is -2.07. The van der Waals surface area contributed by atoms with Crippen molar-refractivity contribution in [2.45, 2.75) is 6.54 Å². The first kappa shape index (κ1) is 14.0. The monoisotopic (exact) mass is 256 g/mol. The second-order valence-electron chi connectivity index (χ2n) is 3.43. The van der Waals surface area contributed by atoms with Crippen molar-refractivity contribution in [3.05, 3.63) is 18.7 Å². The summed E-state index contributed by atoms with van der Waals surface area (Å²) in [5.74, 6) is -1.03. The summed E-state index contributed by atoms with van der Waals surface area (Å²) in [4.78, 5) is 25.2. The molecule has 0 aliphatic rings. The van der Waals surface area contributed by atoms with Gasteiger partial charge in [-0.3, -0.25) is 0 Å². The molecule has 0 fully saturated rings. The largest absolute Gasteiger partial charge is 0.480 e. The zero-order valence-electron chi connectivity index (χ0n) is 9.83. The van der Waals surface area contributed by atoms with Gasteiger partial charge < -0.3 is 25.0 Å². The van der Waals surface area contributed by atoms with Crippen LogP contribution < -0.4 is 10.6 Å². The van der Waals surface area contributed by atoms with E-state index < -0.39 is 5.97 Å². The second-order valence-corrected chi connectivity index (χ2v) is 3.43. The molecule has 0 saturated heterocycles. The van der Waals surface area contributed by atoms with Crippen LogP contribution in [-0.2, 0) is 16.1 Å². The van der Waals surface area contributed by atoms with Crippen LogP contribution in [-0.4, -0.2) is 53.0 Å². The molecule has 1 rings (SSSR count). The van der Waals surface area contributed by atoms with Crippen molar-refractivity contribution in [1.82, 2.24) is 20.2 Å². The highest BCUT2D eigenvalue weighted by Gasteiger charge is 2.00. The minimum atomic E-state index is -1.03. The van der Waals surface area contributed by atoms with E-state index in [9.17, 15) is 9.59 Å². The Kier molecular flexibility index (Phi) is 6.26. The number of carboxylic acid groups (broad SMARTS) is 1. The molecular formula is C10H16N4O4. The van der Waals surface area contributed by atoms with Gasteiger partial charge >= 0.3 is 12.0 Å². The maximum absolute atomic E-state index is 11.2. The Morgan fingerprint density at radius 1 is 1.33 bits per heavy atom. The van der Waals surface area contributed by atoms with Gasteiger partial charge in [0.1, 0.15) is 6.61 Å². The summed E-state index contributed by atoms with van der Waals surface area (Å²) in [6.45, 7) is 1.20. The smallest absolute Gasteiger partial charge is 0.329 e. The van der Waals surface area contributed by atoms with Crippen molar-refractivity contribution in [3.63, 3.8) is 0 Å². The zero-order valence-corrected chi connectivity index (χ0v) is 9.83. The minimum Gasteiger partial charge on any atom is -0.480 e. The van der Waals surface area contributed by atoms with Crippen LogP contribution in [0, 0.1) is 0 Å². The molecule has 1 aromatic heterocycles. The van der Waals surface area contributed by atoms with Gasteiger partial charge in [-0.15, -0.1) is 0 Å². The molecule has 0 bridgehead atoms. The summed E-state index contributed by atoms with van der Waals surface area (Å²) in [5, 5.41) is 13.5. The average Bonchev–Trinajstić information content (AvgIpc) is 2.81. The number of nitrogens with one attached hydrogen (secondary N) is 2. The van der Waals surface area contributed by atoms with E-state index in [1.165, 1.54) is 0 Å². The van der Waals surface area contributed by atoms with Gasteiger partial charge in [-0.25, -0.2) is 14.6 Å². The molecule has 0 aromatic carbocycles. The summed E-state index contributed by atoms with van der Waals surface area (Å²) < 4.78 is 6.60. The maximum atomic E-state index is 11.2. The molecule has 3 N–H and O–H groups in total. The van der Waals surface area contributed by atoms with E-state index in [0.717, 1.165) is 0 Å². The number of hydrogen-bond donors (Lipinski definition) is 3. The molecule has 100 valence electrons. The van der Waals surface area contributed by atoms with E-state index >= 15 is 0 Å². The Bertz CT molecular complexity index is 366. The van der Waals surface area contributed by atoms with Crippen molar-refractivity contribution in [2.24, 2.45) is 0 Å². The average molecular weight is 256 g/mol. The number of amides is 2. The number of rotatable bonds is 8. The van der Waals surface area contributed by atoms with Gasteiger partial charge in [0.15, 0.2) is 0 Å². The van der Waals surface area contributed by atoms with Crippen LogP contribution in [0.4, 0.5) is 4.79 Å². The van der Waals surface area contributed by atoms with Crippen LogP contribution in [0.25, 0.3) is 0 Å². The predicted molar refractivity (Wildman–Crippen MR) is 62.1 cm³/mol. The van der Waals surface area contributed by atoms with Gasteiger partial charge in [0.05, 0.1) is 12.9 Å². The molecule has 0 aliphatic heterocycles. The van der Waals surface area contributed by atoms with Gasteiger partial charge in [-0.2, -0.15) is 0 Å². The number of aromatic nitrogens is 2. The van der Waals surface area contributed by atoms with E-state index in [1.807, 2.05) is 4.57 Å². The molecule has 0 radical (unpaired) electrons. The Morgan fingerprint density at radius 3 is 2.78 bits per heavy atom. The molecular weight excluding hydrogens is 240 g/mol. The zero-order chi connectivity index (χ0) is 13.2. The van der Waals surface area contributed by atoms with E-state index in [0.29, 0.717) is 13.1 Å². The van der Waals surface area contributed by atoms with E-state index in [4.69, 9.17) is 9.84 Å². The van der Waals surface area contributed by atoms with Crippen LogP contribution in [0.5, 0.6) is 0 Å². The minimum absolute atomic E-state index is 0.168. The SMILES string of the molecule is O=C(O)COCCNC(=O)NCCn1ccnc1. The Morgan fingerprint density at radius 2 is 2.11 bits per heavy atom. The fraction of sp³-hybridized carbons (Fsp3) is 0.500. The summed E-state index contributed by atoms with van der Waals surface area (Å²) >= 11 is 0. The molecule has 0 aliphatic carbocycles. The van der Waals surface area contributed by atoms with Crippen molar-refractivity contribution < 1.29 is 19.4 Å². The van der Waals surface area contributed by atoms with Gasteiger partial charge in [-0.05, 0) is 0 Å². The van der Waals surface area contributed by atoms with E-state index in [1.54, 1.807) is 18.7 Å². The number of carbonyl (C=O) groups is 2. The fourth-order valence-corrected chi connectivity index (χ4v) is 1.18. The first-order valence-electron chi connectivity index (χ1n) is 5.45. The first-order valence-corrected chi connectivity index (χ1v) is 5.45.